The number of nitrogens with zero attached hydrogens (tertiary/aromatic N) is 3. The Bertz CT molecular complexity index is 2950. The average molecular weight is 612 g/mol. The first-order valence-electron chi connectivity index (χ1n) is 16.2. The van der Waals surface area contributed by atoms with Crippen molar-refractivity contribution in [3.05, 3.63) is 152 Å². The van der Waals surface area contributed by atoms with Crippen LogP contribution in [0.4, 0.5) is 0 Å². The first kappa shape index (κ1) is 25.6. The molecule has 222 valence electrons. The van der Waals surface area contributed by atoms with Crippen LogP contribution in [0.1, 0.15) is 0 Å². The highest BCUT2D eigenvalue weighted by molar-refractivity contribution is 6.14. The fraction of sp³-hybridized carbons (Fsp3) is 0. The molecule has 0 saturated heterocycles. The quantitative estimate of drug-likeness (QED) is 0.200. The SMILES string of the molecule is c1ccc(-n2c3ccc(-c4ccc5oc6ccccc6c5c4)cc3c3cc(-c4nc5c6c(cccc6n4)-c4ccccc4-5)ccc32)cc1. The van der Waals surface area contributed by atoms with Crippen molar-refractivity contribution < 1.29 is 4.42 Å². The summed E-state index contributed by atoms with van der Waals surface area (Å²) in [5.74, 6) is 0.738. The molecule has 0 bridgehead atoms. The van der Waals surface area contributed by atoms with Gasteiger partial charge in [-0.1, -0.05) is 84.9 Å². The molecule has 11 rings (SSSR count). The summed E-state index contributed by atoms with van der Waals surface area (Å²) in [6.07, 6.45) is 0. The molecule has 0 unspecified atom stereocenters. The number of hydrogen-bond donors (Lipinski definition) is 0. The van der Waals surface area contributed by atoms with Crippen molar-refractivity contribution in [3.63, 3.8) is 0 Å². The summed E-state index contributed by atoms with van der Waals surface area (Å²) in [5.41, 5.74) is 14.1. The summed E-state index contributed by atoms with van der Waals surface area (Å²) in [5, 5.41) is 5.74. The maximum absolute atomic E-state index is 6.13. The van der Waals surface area contributed by atoms with E-state index in [1.54, 1.807) is 0 Å². The lowest BCUT2D eigenvalue weighted by Gasteiger charge is -2.09. The van der Waals surface area contributed by atoms with Gasteiger partial charge in [0.1, 0.15) is 11.2 Å². The molecule has 3 aromatic heterocycles. The van der Waals surface area contributed by atoms with Gasteiger partial charge in [-0.25, -0.2) is 9.97 Å². The second-order valence-electron chi connectivity index (χ2n) is 12.6. The molecule has 48 heavy (non-hydrogen) atoms. The van der Waals surface area contributed by atoms with Gasteiger partial charge in [-0.2, -0.15) is 0 Å². The van der Waals surface area contributed by atoms with Crippen molar-refractivity contribution in [2.24, 2.45) is 0 Å². The molecule has 10 aromatic rings. The highest BCUT2D eigenvalue weighted by atomic mass is 16.3. The second-order valence-corrected chi connectivity index (χ2v) is 12.6. The predicted molar refractivity (Wildman–Crippen MR) is 196 cm³/mol. The van der Waals surface area contributed by atoms with Crippen molar-refractivity contribution in [1.82, 2.24) is 14.5 Å². The minimum atomic E-state index is 0.738. The van der Waals surface area contributed by atoms with Crippen LogP contribution in [0.2, 0.25) is 0 Å². The molecular formula is C44H25N3O. The van der Waals surface area contributed by atoms with Crippen LogP contribution >= 0.6 is 0 Å². The first-order chi connectivity index (χ1) is 23.8. The van der Waals surface area contributed by atoms with Gasteiger partial charge >= 0.3 is 0 Å². The maximum atomic E-state index is 6.13. The molecule has 0 fully saturated rings. The van der Waals surface area contributed by atoms with E-state index < -0.39 is 0 Å². The predicted octanol–water partition coefficient (Wildman–Crippen LogP) is 11.6. The number of aromatic nitrogens is 3. The third kappa shape index (κ3) is 3.54. The molecule has 7 aromatic carbocycles. The molecule has 4 nitrogen and oxygen atoms in total. The summed E-state index contributed by atoms with van der Waals surface area (Å²) in [6.45, 7) is 0. The fourth-order valence-corrected chi connectivity index (χ4v) is 7.76. The first-order valence-corrected chi connectivity index (χ1v) is 16.2. The van der Waals surface area contributed by atoms with Gasteiger partial charge in [0.05, 0.1) is 22.2 Å². The summed E-state index contributed by atoms with van der Waals surface area (Å²) >= 11 is 0. The molecule has 0 amide bonds. The molecule has 0 spiro atoms. The van der Waals surface area contributed by atoms with Gasteiger partial charge in [0, 0.05) is 43.7 Å². The molecular weight excluding hydrogens is 587 g/mol. The third-order valence-electron chi connectivity index (χ3n) is 9.94. The zero-order valence-electron chi connectivity index (χ0n) is 25.7. The molecule has 0 saturated carbocycles. The van der Waals surface area contributed by atoms with E-state index in [-0.39, 0.29) is 0 Å². The lowest BCUT2D eigenvalue weighted by Crippen LogP contribution is -1.94. The van der Waals surface area contributed by atoms with Crippen molar-refractivity contribution in [3.8, 4) is 50.6 Å². The Kier molecular flexibility index (Phi) is 5.08. The smallest absolute Gasteiger partial charge is 0.160 e. The molecule has 1 aliphatic carbocycles. The van der Waals surface area contributed by atoms with Crippen LogP contribution in [0.15, 0.2) is 156 Å². The Balaban J connectivity index is 1.14. The number of para-hydroxylation sites is 2. The summed E-state index contributed by atoms with van der Waals surface area (Å²) in [7, 11) is 0. The standard InChI is InChI=1S/C44H25N3O/c1-2-9-29(10-3-1)47-38-20-17-26(27-19-22-41-36(24-27)31-12-6-7-16-40(31)48-41)23-34(38)35-25-28(18-21-39(35)47)44-45-37-15-8-14-32-30-11-4-5-13-33(30)43(46-44)42(32)37/h1-25H. The van der Waals surface area contributed by atoms with Gasteiger partial charge in [-0.15, -0.1) is 0 Å². The van der Waals surface area contributed by atoms with Crippen LogP contribution in [0.25, 0.3) is 105 Å². The lowest BCUT2D eigenvalue weighted by molar-refractivity contribution is 0.669. The zero-order valence-corrected chi connectivity index (χ0v) is 25.7. The minimum absolute atomic E-state index is 0.738. The van der Waals surface area contributed by atoms with Gasteiger partial charge in [-0.3, -0.25) is 0 Å². The van der Waals surface area contributed by atoms with Crippen molar-refractivity contribution in [2.45, 2.75) is 0 Å². The van der Waals surface area contributed by atoms with Crippen molar-refractivity contribution in [1.29, 1.82) is 0 Å². The monoisotopic (exact) mass is 611 g/mol. The van der Waals surface area contributed by atoms with Crippen LogP contribution in [0, 0.1) is 0 Å². The Morgan fingerprint density at radius 2 is 1.08 bits per heavy atom. The number of rotatable bonds is 3. The van der Waals surface area contributed by atoms with E-state index in [0.29, 0.717) is 0 Å². The largest absolute Gasteiger partial charge is 0.456 e. The van der Waals surface area contributed by atoms with Gasteiger partial charge in [0.25, 0.3) is 0 Å². The minimum Gasteiger partial charge on any atom is -0.456 e. The number of fused-ring (bicyclic) bond motifs is 9. The van der Waals surface area contributed by atoms with Gasteiger partial charge < -0.3 is 8.98 Å². The Hall–Kier alpha value is -6.52. The summed E-state index contributed by atoms with van der Waals surface area (Å²) < 4.78 is 8.49. The molecule has 0 aliphatic heterocycles. The Morgan fingerprint density at radius 3 is 1.94 bits per heavy atom. The fourth-order valence-electron chi connectivity index (χ4n) is 7.76. The number of furan rings is 1. The van der Waals surface area contributed by atoms with E-state index in [2.05, 4.69) is 144 Å². The molecule has 4 heteroatoms. The van der Waals surface area contributed by atoms with Crippen molar-refractivity contribution >= 4 is 54.6 Å². The van der Waals surface area contributed by atoms with Crippen LogP contribution < -0.4 is 0 Å². The van der Waals surface area contributed by atoms with Crippen LogP contribution in [-0.2, 0) is 0 Å². The van der Waals surface area contributed by atoms with E-state index in [1.807, 2.05) is 12.1 Å². The zero-order chi connectivity index (χ0) is 31.3. The van der Waals surface area contributed by atoms with Crippen molar-refractivity contribution in [2.75, 3.05) is 0 Å². The highest BCUT2D eigenvalue weighted by Gasteiger charge is 2.24. The Labute approximate surface area is 275 Å². The van der Waals surface area contributed by atoms with Gasteiger partial charge in [0.2, 0.25) is 0 Å². The van der Waals surface area contributed by atoms with Gasteiger partial charge in [0.15, 0.2) is 5.82 Å². The van der Waals surface area contributed by atoms with Crippen LogP contribution in [0.5, 0.6) is 0 Å². The number of hydrogen-bond acceptors (Lipinski definition) is 3. The number of benzene rings is 7. The Morgan fingerprint density at radius 1 is 0.438 bits per heavy atom. The molecule has 0 radical (unpaired) electrons. The normalized spacial score (nSPS) is 12.2. The van der Waals surface area contributed by atoms with Crippen LogP contribution in [-0.4, -0.2) is 14.5 Å². The molecule has 0 atom stereocenters. The van der Waals surface area contributed by atoms with Gasteiger partial charge in [-0.05, 0) is 89.0 Å². The van der Waals surface area contributed by atoms with E-state index in [4.69, 9.17) is 14.4 Å². The maximum Gasteiger partial charge on any atom is 0.160 e. The molecule has 0 N–H and O–H groups in total. The lowest BCUT2D eigenvalue weighted by atomic mass is 10.00. The van der Waals surface area contributed by atoms with Crippen LogP contribution in [0.3, 0.4) is 0 Å². The highest BCUT2D eigenvalue weighted by Crippen LogP contribution is 2.46. The average Bonchev–Trinajstić information content (AvgIpc) is 3.80. The summed E-state index contributed by atoms with van der Waals surface area (Å²) in [4.78, 5) is 10.4. The van der Waals surface area contributed by atoms with E-state index in [1.165, 1.54) is 22.1 Å². The molecule has 1 aliphatic rings. The topological polar surface area (TPSA) is 43.9 Å². The van der Waals surface area contributed by atoms with E-state index >= 15 is 0 Å². The second kappa shape index (κ2) is 9.50. The van der Waals surface area contributed by atoms with E-state index in [0.717, 1.165) is 83.2 Å². The molecule has 3 heterocycles. The summed E-state index contributed by atoms with van der Waals surface area (Å²) in [6, 6.07) is 53.7. The van der Waals surface area contributed by atoms with E-state index in [9.17, 15) is 0 Å². The third-order valence-corrected chi connectivity index (χ3v) is 9.94.